The average Bonchev–Trinajstić information content (AvgIpc) is 2.34. The topological polar surface area (TPSA) is 88.5 Å². The molecule has 0 unspecified atom stereocenters. The Morgan fingerprint density at radius 2 is 2.29 bits per heavy atom. The van der Waals surface area contributed by atoms with Crippen LogP contribution in [0.2, 0.25) is 0 Å². The van der Waals surface area contributed by atoms with E-state index in [0.717, 1.165) is 0 Å². The lowest BCUT2D eigenvalue weighted by molar-refractivity contribution is 0.0689. The van der Waals surface area contributed by atoms with Gasteiger partial charge in [0.1, 0.15) is 5.69 Å². The average molecular weight is 238 g/mol. The zero-order valence-corrected chi connectivity index (χ0v) is 9.47. The Balaban J connectivity index is 2.65. The van der Waals surface area contributed by atoms with Crippen molar-refractivity contribution in [2.24, 2.45) is 0 Å². The number of hydrogen-bond donors (Lipinski definition) is 2. The van der Waals surface area contributed by atoms with Crippen LogP contribution in [-0.2, 0) is 4.74 Å². The summed E-state index contributed by atoms with van der Waals surface area (Å²) in [5.74, 6) is -1.68. The molecule has 0 aliphatic rings. The zero-order valence-electron chi connectivity index (χ0n) is 9.47. The minimum atomic E-state index is -1.17. The van der Waals surface area contributed by atoms with Crippen molar-refractivity contribution >= 4 is 11.9 Å². The first-order chi connectivity index (χ1) is 8.16. The molecule has 6 heteroatoms. The molecule has 92 valence electrons. The maximum Gasteiger partial charge on any atom is 0.338 e. The third-order valence-corrected chi connectivity index (χ3v) is 1.99. The normalized spacial score (nSPS) is 9.94. The van der Waals surface area contributed by atoms with Crippen LogP contribution in [0.25, 0.3) is 0 Å². The lowest BCUT2D eigenvalue weighted by Gasteiger charge is -2.06. The van der Waals surface area contributed by atoms with Crippen LogP contribution in [0.1, 0.15) is 27.8 Å². The molecule has 0 spiro atoms. The van der Waals surface area contributed by atoms with Crippen LogP contribution in [-0.4, -0.2) is 41.7 Å². The van der Waals surface area contributed by atoms with Crippen LogP contribution in [0, 0.1) is 0 Å². The number of nitrogens with one attached hydrogen (secondary N) is 1. The van der Waals surface area contributed by atoms with Crippen molar-refractivity contribution in [1.82, 2.24) is 10.3 Å². The highest BCUT2D eigenvalue weighted by Gasteiger charge is 2.16. The number of aromatic nitrogens is 1. The molecule has 0 radical (unpaired) electrons. The highest BCUT2D eigenvalue weighted by molar-refractivity contribution is 6.03. The maximum absolute atomic E-state index is 11.6. The number of aromatic carboxylic acids is 1. The smallest absolute Gasteiger partial charge is 0.338 e. The van der Waals surface area contributed by atoms with Crippen LogP contribution in [0.5, 0.6) is 0 Å². The summed E-state index contributed by atoms with van der Waals surface area (Å²) >= 11 is 0. The summed E-state index contributed by atoms with van der Waals surface area (Å²) in [7, 11) is 0. The summed E-state index contributed by atoms with van der Waals surface area (Å²) < 4.78 is 5.05. The molecule has 17 heavy (non-hydrogen) atoms. The molecule has 1 aromatic heterocycles. The maximum atomic E-state index is 11.6. The Bertz CT molecular complexity index is 406. The van der Waals surface area contributed by atoms with Gasteiger partial charge in [0.05, 0.1) is 12.2 Å². The number of ether oxygens (including phenoxy) is 1. The van der Waals surface area contributed by atoms with Crippen molar-refractivity contribution in [3.63, 3.8) is 0 Å². The van der Waals surface area contributed by atoms with Crippen molar-refractivity contribution in [2.75, 3.05) is 19.8 Å². The van der Waals surface area contributed by atoms with Gasteiger partial charge in [-0.25, -0.2) is 4.79 Å². The molecule has 0 fully saturated rings. The molecule has 1 aromatic rings. The van der Waals surface area contributed by atoms with Crippen LogP contribution < -0.4 is 5.32 Å². The Morgan fingerprint density at radius 3 is 2.94 bits per heavy atom. The highest BCUT2D eigenvalue weighted by Crippen LogP contribution is 2.04. The van der Waals surface area contributed by atoms with Gasteiger partial charge in [-0.1, -0.05) is 0 Å². The Hall–Kier alpha value is -1.95. The Labute approximate surface area is 98.6 Å². The number of carbonyl (C=O) groups is 2. The van der Waals surface area contributed by atoms with Crippen molar-refractivity contribution in [1.29, 1.82) is 0 Å². The number of carboxylic acids is 1. The number of nitrogens with zero attached hydrogens (tertiary/aromatic N) is 1. The summed E-state index contributed by atoms with van der Waals surface area (Å²) in [6.45, 7) is 3.13. The third-order valence-electron chi connectivity index (χ3n) is 1.99. The number of rotatable bonds is 6. The predicted molar refractivity (Wildman–Crippen MR) is 60.0 cm³/mol. The van der Waals surface area contributed by atoms with Crippen LogP contribution in [0.15, 0.2) is 18.3 Å². The molecule has 1 amide bonds. The summed E-state index contributed by atoms with van der Waals surface area (Å²) in [6, 6.07) is 2.81. The van der Waals surface area contributed by atoms with Gasteiger partial charge in [0.2, 0.25) is 0 Å². The summed E-state index contributed by atoms with van der Waals surface area (Å²) in [4.78, 5) is 26.3. The standard InChI is InChI=1S/C11H14N2O4/c1-2-17-7-6-13-10(14)9-8(11(15)16)4-3-5-12-9/h3-5H,2,6-7H2,1H3,(H,13,14)(H,15,16). The van der Waals surface area contributed by atoms with E-state index in [1.165, 1.54) is 18.3 Å². The summed E-state index contributed by atoms with van der Waals surface area (Å²) in [5.41, 5.74) is -0.196. The van der Waals surface area contributed by atoms with Crippen molar-refractivity contribution in [3.05, 3.63) is 29.6 Å². The number of pyridine rings is 1. The van der Waals surface area contributed by atoms with E-state index in [0.29, 0.717) is 19.8 Å². The first-order valence-corrected chi connectivity index (χ1v) is 5.21. The minimum Gasteiger partial charge on any atom is -0.478 e. The van der Waals surface area contributed by atoms with Gasteiger partial charge in [0, 0.05) is 19.3 Å². The largest absolute Gasteiger partial charge is 0.478 e. The number of carbonyl (C=O) groups excluding carboxylic acids is 1. The van der Waals surface area contributed by atoms with Gasteiger partial charge in [-0.3, -0.25) is 9.78 Å². The molecule has 0 aliphatic carbocycles. The molecule has 0 bridgehead atoms. The van der Waals surface area contributed by atoms with Crippen LogP contribution >= 0.6 is 0 Å². The highest BCUT2D eigenvalue weighted by atomic mass is 16.5. The van der Waals surface area contributed by atoms with E-state index in [2.05, 4.69) is 10.3 Å². The third kappa shape index (κ3) is 3.84. The molecular formula is C11H14N2O4. The SMILES string of the molecule is CCOCCNC(=O)c1ncccc1C(=O)O. The number of hydrogen-bond acceptors (Lipinski definition) is 4. The van der Waals surface area contributed by atoms with E-state index >= 15 is 0 Å². The van der Waals surface area contributed by atoms with Crippen molar-refractivity contribution < 1.29 is 19.4 Å². The molecular weight excluding hydrogens is 224 g/mol. The molecule has 0 saturated carbocycles. The molecule has 1 rings (SSSR count). The van der Waals surface area contributed by atoms with E-state index in [1.54, 1.807) is 0 Å². The van der Waals surface area contributed by atoms with Gasteiger partial charge in [-0.2, -0.15) is 0 Å². The van der Waals surface area contributed by atoms with Crippen LogP contribution in [0.4, 0.5) is 0 Å². The second-order valence-electron chi connectivity index (χ2n) is 3.16. The van der Waals surface area contributed by atoms with Gasteiger partial charge in [0.25, 0.3) is 5.91 Å². The molecule has 6 nitrogen and oxygen atoms in total. The molecule has 0 saturated heterocycles. The molecule has 0 aromatic carbocycles. The minimum absolute atomic E-state index is 0.0866. The fourth-order valence-electron chi connectivity index (χ4n) is 1.22. The van der Waals surface area contributed by atoms with E-state index in [4.69, 9.17) is 9.84 Å². The van der Waals surface area contributed by atoms with E-state index in [9.17, 15) is 9.59 Å². The van der Waals surface area contributed by atoms with Crippen LogP contribution in [0.3, 0.4) is 0 Å². The summed E-state index contributed by atoms with van der Waals surface area (Å²) in [6.07, 6.45) is 1.38. The van der Waals surface area contributed by atoms with Crippen molar-refractivity contribution in [2.45, 2.75) is 6.92 Å². The number of amides is 1. The van der Waals surface area contributed by atoms with Gasteiger partial charge >= 0.3 is 5.97 Å². The quantitative estimate of drug-likeness (QED) is 0.706. The second kappa shape index (κ2) is 6.59. The fourth-order valence-corrected chi connectivity index (χ4v) is 1.22. The molecule has 0 aliphatic heterocycles. The lowest BCUT2D eigenvalue weighted by Crippen LogP contribution is -2.29. The van der Waals surface area contributed by atoms with E-state index in [1.807, 2.05) is 6.92 Å². The lowest BCUT2D eigenvalue weighted by atomic mass is 10.2. The Kier molecular flexibility index (Phi) is 5.09. The number of carboxylic acid groups (broad SMARTS) is 1. The molecule has 1 heterocycles. The van der Waals surface area contributed by atoms with Gasteiger partial charge in [-0.05, 0) is 19.1 Å². The monoisotopic (exact) mass is 238 g/mol. The predicted octanol–water partition coefficient (Wildman–Crippen LogP) is 0.546. The molecule has 0 atom stereocenters. The zero-order chi connectivity index (χ0) is 12.7. The summed E-state index contributed by atoms with van der Waals surface area (Å²) in [5, 5.41) is 11.4. The first-order valence-electron chi connectivity index (χ1n) is 5.21. The second-order valence-corrected chi connectivity index (χ2v) is 3.16. The Morgan fingerprint density at radius 1 is 1.53 bits per heavy atom. The van der Waals surface area contributed by atoms with Crippen molar-refractivity contribution in [3.8, 4) is 0 Å². The molecule has 2 N–H and O–H groups in total. The van der Waals surface area contributed by atoms with Gasteiger partial charge in [0.15, 0.2) is 0 Å². The fraction of sp³-hybridized carbons (Fsp3) is 0.364. The van der Waals surface area contributed by atoms with Gasteiger partial charge < -0.3 is 15.2 Å². The van der Waals surface area contributed by atoms with E-state index < -0.39 is 11.9 Å². The van der Waals surface area contributed by atoms with Gasteiger partial charge in [-0.15, -0.1) is 0 Å². The van der Waals surface area contributed by atoms with E-state index in [-0.39, 0.29) is 11.3 Å². The first kappa shape index (κ1) is 13.1.